The molecule has 16 heavy (non-hydrogen) atoms. The zero-order chi connectivity index (χ0) is 12.1. The highest BCUT2D eigenvalue weighted by Crippen LogP contribution is 2.43. The average Bonchev–Trinajstić information content (AvgIpc) is 2.42. The van der Waals surface area contributed by atoms with Crippen molar-refractivity contribution in [1.29, 1.82) is 0 Å². The van der Waals surface area contributed by atoms with E-state index in [1.807, 2.05) is 5.32 Å². The van der Waals surface area contributed by atoms with Gasteiger partial charge < -0.3 is 10.4 Å². The first-order chi connectivity index (χ1) is 7.30. The topological polar surface area (TPSA) is 49.3 Å². The van der Waals surface area contributed by atoms with Crippen LogP contribution in [0, 0.1) is 0 Å². The van der Waals surface area contributed by atoms with E-state index >= 15 is 0 Å². The zero-order valence-electron chi connectivity index (χ0n) is 7.60. The van der Waals surface area contributed by atoms with Crippen LogP contribution in [0.15, 0.2) is 12.1 Å². The largest absolute Gasteiger partial charge is 0.418 e. The molecule has 1 aromatic rings. The summed E-state index contributed by atoms with van der Waals surface area (Å²) >= 11 is 5.50. The van der Waals surface area contributed by atoms with Crippen molar-refractivity contribution in [2.45, 2.75) is 12.3 Å². The molecule has 0 bridgehead atoms. The summed E-state index contributed by atoms with van der Waals surface area (Å²) in [6, 6.07) is 1.84. The molecule has 1 amide bonds. The fourth-order valence-electron chi connectivity index (χ4n) is 1.54. The molecule has 3 nitrogen and oxygen atoms in total. The van der Waals surface area contributed by atoms with Gasteiger partial charge in [0.25, 0.3) is 5.91 Å². The van der Waals surface area contributed by atoms with Crippen molar-refractivity contribution in [2.75, 3.05) is 5.32 Å². The van der Waals surface area contributed by atoms with Crippen LogP contribution in [0.5, 0.6) is 0 Å². The van der Waals surface area contributed by atoms with Gasteiger partial charge in [0.05, 0.1) is 11.3 Å². The van der Waals surface area contributed by atoms with Crippen molar-refractivity contribution in [3.05, 3.63) is 28.3 Å². The normalized spacial score (nSPS) is 19.6. The minimum Gasteiger partial charge on any atom is -0.378 e. The number of rotatable bonds is 0. The van der Waals surface area contributed by atoms with Crippen LogP contribution in [-0.2, 0) is 11.0 Å². The van der Waals surface area contributed by atoms with Crippen molar-refractivity contribution in [1.82, 2.24) is 0 Å². The molecule has 1 aromatic carbocycles. The molecule has 7 heteroatoms. The number of alkyl halides is 3. The predicted molar refractivity (Wildman–Crippen MR) is 50.0 cm³/mol. The summed E-state index contributed by atoms with van der Waals surface area (Å²) in [6.45, 7) is 0. The van der Waals surface area contributed by atoms with Gasteiger partial charge in [0.1, 0.15) is 0 Å². The Kier molecular flexibility index (Phi) is 2.36. The van der Waals surface area contributed by atoms with Gasteiger partial charge in [-0.1, -0.05) is 11.6 Å². The molecule has 1 unspecified atom stereocenters. The highest BCUT2D eigenvalue weighted by atomic mass is 35.5. The Bertz CT molecular complexity index is 473. The van der Waals surface area contributed by atoms with Crippen LogP contribution in [0.1, 0.15) is 17.2 Å². The van der Waals surface area contributed by atoms with E-state index in [0.29, 0.717) is 6.07 Å². The number of fused-ring (bicyclic) bond motifs is 1. The zero-order valence-corrected chi connectivity index (χ0v) is 8.36. The maximum absolute atomic E-state index is 12.6. The summed E-state index contributed by atoms with van der Waals surface area (Å²) in [5, 5.41) is 11.1. The number of amides is 1. The predicted octanol–water partition coefficient (Wildman–Crippen LogP) is 2.34. The van der Waals surface area contributed by atoms with Crippen LogP contribution < -0.4 is 5.32 Å². The van der Waals surface area contributed by atoms with Gasteiger partial charge in [0.2, 0.25) is 0 Å². The average molecular weight is 252 g/mol. The Morgan fingerprint density at radius 2 is 2.00 bits per heavy atom. The summed E-state index contributed by atoms with van der Waals surface area (Å²) in [6.07, 6.45) is -6.23. The third kappa shape index (κ3) is 1.64. The molecule has 0 fully saturated rings. The molecule has 0 radical (unpaired) electrons. The molecule has 0 saturated carbocycles. The summed E-state index contributed by atoms with van der Waals surface area (Å²) < 4.78 is 37.8. The Balaban J connectivity index is 2.67. The molecule has 0 aliphatic carbocycles. The number of aliphatic hydroxyl groups is 1. The van der Waals surface area contributed by atoms with E-state index in [1.54, 1.807) is 0 Å². The van der Waals surface area contributed by atoms with Gasteiger partial charge in [-0.2, -0.15) is 13.2 Å². The minimum atomic E-state index is -4.63. The van der Waals surface area contributed by atoms with E-state index in [1.165, 1.54) is 0 Å². The molecule has 1 atom stereocenters. The number of carbonyl (C=O) groups excluding carboxylic acids is 1. The third-order valence-corrected chi connectivity index (χ3v) is 2.45. The molecule has 1 heterocycles. The lowest BCUT2D eigenvalue weighted by Crippen LogP contribution is -2.12. The molecular weight excluding hydrogens is 247 g/mol. The van der Waals surface area contributed by atoms with Crippen LogP contribution in [0.25, 0.3) is 0 Å². The van der Waals surface area contributed by atoms with E-state index in [4.69, 9.17) is 11.6 Å². The van der Waals surface area contributed by atoms with Gasteiger partial charge in [0, 0.05) is 10.6 Å². The maximum atomic E-state index is 12.6. The number of halogens is 4. The number of carbonyl (C=O) groups is 1. The fraction of sp³-hybridized carbons (Fsp3) is 0.222. The summed E-state index contributed by atoms with van der Waals surface area (Å²) in [5.41, 5.74) is -1.63. The van der Waals surface area contributed by atoms with E-state index < -0.39 is 29.4 Å². The quantitative estimate of drug-likeness (QED) is 0.744. The van der Waals surface area contributed by atoms with Gasteiger partial charge in [-0.25, -0.2) is 0 Å². The fourth-order valence-corrected chi connectivity index (χ4v) is 1.77. The first-order valence-electron chi connectivity index (χ1n) is 4.20. The Morgan fingerprint density at radius 1 is 1.38 bits per heavy atom. The lowest BCUT2D eigenvalue weighted by Gasteiger charge is -2.12. The van der Waals surface area contributed by atoms with Gasteiger partial charge in [0.15, 0.2) is 6.10 Å². The minimum absolute atomic E-state index is 0.148. The van der Waals surface area contributed by atoms with Crippen LogP contribution in [-0.4, -0.2) is 11.0 Å². The number of benzene rings is 1. The second-order valence-corrected chi connectivity index (χ2v) is 3.74. The smallest absolute Gasteiger partial charge is 0.378 e. The molecule has 0 aromatic heterocycles. The van der Waals surface area contributed by atoms with Crippen LogP contribution >= 0.6 is 11.6 Å². The van der Waals surface area contributed by atoms with Crippen molar-refractivity contribution in [2.24, 2.45) is 0 Å². The van der Waals surface area contributed by atoms with E-state index in [0.717, 1.165) is 6.07 Å². The SMILES string of the molecule is O=C1Nc2c(cc(Cl)cc2C(F)(F)F)C1O. The van der Waals surface area contributed by atoms with Crippen molar-refractivity contribution in [3.8, 4) is 0 Å². The Labute approximate surface area is 92.8 Å². The Hall–Kier alpha value is -1.27. The number of anilines is 1. The second kappa shape index (κ2) is 3.36. The standard InChI is InChI=1S/C9H5ClF3NO2/c10-3-1-4-6(14-8(16)7(4)15)5(2-3)9(11,12)13/h1-2,7,15H,(H,14,16). The lowest BCUT2D eigenvalue weighted by molar-refractivity contribution is -0.136. The number of aliphatic hydroxyl groups excluding tert-OH is 1. The van der Waals surface area contributed by atoms with E-state index in [-0.39, 0.29) is 10.6 Å². The summed E-state index contributed by atoms with van der Waals surface area (Å²) in [7, 11) is 0. The Morgan fingerprint density at radius 3 is 2.56 bits per heavy atom. The molecule has 2 rings (SSSR count). The van der Waals surface area contributed by atoms with Crippen molar-refractivity contribution < 1.29 is 23.1 Å². The van der Waals surface area contributed by atoms with E-state index in [9.17, 15) is 23.1 Å². The lowest BCUT2D eigenvalue weighted by atomic mass is 10.1. The summed E-state index contributed by atoms with van der Waals surface area (Å²) in [4.78, 5) is 11.0. The third-order valence-electron chi connectivity index (χ3n) is 2.23. The summed E-state index contributed by atoms with van der Waals surface area (Å²) in [5.74, 6) is -0.886. The second-order valence-electron chi connectivity index (χ2n) is 3.31. The van der Waals surface area contributed by atoms with E-state index in [2.05, 4.69) is 0 Å². The first kappa shape index (κ1) is 11.2. The van der Waals surface area contributed by atoms with Crippen LogP contribution in [0.4, 0.5) is 18.9 Å². The van der Waals surface area contributed by atoms with Crippen LogP contribution in [0.3, 0.4) is 0 Å². The van der Waals surface area contributed by atoms with Crippen molar-refractivity contribution in [3.63, 3.8) is 0 Å². The molecular formula is C9H5ClF3NO2. The molecule has 0 spiro atoms. The molecule has 1 aliphatic rings. The maximum Gasteiger partial charge on any atom is 0.418 e. The van der Waals surface area contributed by atoms with Gasteiger partial charge in [-0.3, -0.25) is 4.79 Å². The van der Waals surface area contributed by atoms with Gasteiger partial charge in [-0.05, 0) is 12.1 Å². The monoisotopic (exact) mass is 251 g/mol. The molecule has 86 valence electrons. The van der Waals surface area contributed by atoms with Gasteiger partial charge in [-0.15, -0.1) is 0 Å². The number of hydrogen-bond donors (Lipinski definition) is 2. The number of hydrogen-bond acceptors (Lipinski definition) is 2. The molecule has 2 N–H and O–H groups in total. The number of nitrogens with one attached hydrogen (secondary N) is 1. The molecule has 1 aliphatic heterocycles. The van der Waals surface area contributed by atoms with Crippen LogP contribution in [0.2, 0.25) is 5.02 Å². The highest BCUT2D eigenvalue weighted by molar-refractivity contribution is 6.31. The highest BCUT2D eigenvalue weighted by Gasteiger charge is 2.40. The van der Waals surface area contributed by atoms with Crippen molar-refractivity contribution >= 4 is 23.2 Å². The molecule has 0 saturated heterocycles. The first-order valence-corrected chi connectivity index (χ1v) is 4.58. The van der Waals surface area contributed by atoms with Gasteiger partial charge >= 0.3 is 6.18 Å².